The Morgan fingerprint density at radius 2 is 1.62 bits per heavy atom. The van der Waals surface area contributed by atoms with E-state index in [-0.39, 0.29) is 30.9 Å². The van der Waals surface area contributed by atoms with Crippen LogP contribution in [-0.2, 0) is 16.1 Å². The van der Waals surface area contributed by atoms with Gasteiger partial charge in [-0.25, -0.2) is 0 Å². The number of benzene rings is 3. The molecule has 3 aromatic rings. The summed E-state index contributed by atoms with van der Waals surface area (Å²) in [4.78, 5) is 26.9. The molecule has 0 saturated carbocycles. The zero-order chi connectivity index (χ0) is 21.9. The molecule has 0 aliphatic carbocycles. The fraction of sp³-hybridized carbons (Fsp3) is 0.200. The first-order valence-corrected chi connectivity index (χ1v) is 10.5. The van der Waals surface area contributed by atoms with Gasteiger partial charge < -0.3 is 25.0 Å². The number of rotatable bonds is 6. The average Bonchev–Trinajstić information content (AvgIpc) is 3.42. The number of hydrogen-bond acceptors (Lipinski definition) is 5. The van der Waals surface area contributed by atoms with Crippen LogP contribution in [0.2, 0.25) is 0 Å². The summed E-state index contributed by atoms with van der Waals surface area (Å²) in [7, 11) is 0. The van der Waals surface area contributed by atoms with Crippen LogP contribution in [0.5, 0.6) is 11.5 Å². The van der Waals surface area contributed by atoms with Crippen molar-refractivity contribution in [3.63, 3.8) is 0 Å². The third kappa shape index (κ3) is 4.37. The minimum absolute atomic E-state index is 0.0229. The highest BCUT2D eigenvalue weighted by molar-refractivity contribution is 5.97. The Morgan fingerprint density at radius 3 is 2.44 bits per heavy atom. The zero-order valence-corrected chi connectivity index (χ0v) is 17.4. The van der Waals surface area contributed by atoms with Crippen LogP contribution in [-0.4, -0.2) is 30.1 Å². The molecule has 2 aliphatic heterocycles. The maximum absolute atomic E-state index is 12.7. The molecule has 1 saturated heterocycles. The summed E-state index contributed by atoms with van der Waals surface area (Å²) in [5.74, 6) is 0.858. The molecule has 0 radical (unpaired) electrons. The second-order valence-electron chi connectivity index (χ2n) is 7.92. The number of nitrogens with one attached hydrogen (secondary N) is 2. The van der Waals surface area contributed by atoms with Gasteiger partial charge in [-0.15, -0.1) is 0 Å². The first-order chi connectivity index (χ1) is 15.6. The van der Waals surface area contributed by atoms with Gasteiger partial charge in [-0.05, 0) is 54.1 Å². The largest absolute Gasteiger partial charge is 0.454 e. The topological polar surface area (TPSA) is 79.9 Å². The van der Waals surface area contributed by atoms with E-state index in [1.807, 2.05) is 72.8 Å². The van der Waals surface area contributed by atoms with Gasteiger partial charge in [-0.2, -0.15) is 0 Å². The van der Waals surface area contributed by atoms with Crippen LogP contribution in [0.3, 0.4) is 0 Å². The van der Waals surface area contributed by atoms with Gasteiger partial charge in [0, 0.05) is 36.6 Å². The maximum Gasteiger partial charge on any atom is 0.231 e. The van der Waals surface area contributed by atoms with Crippen molar-refractivity contribution in [3.05, 3.63) is 78.4 Å². The molecule has 5 rings (SSSR count). The molecular weight excluding hydrogens is 406 g/mol. The monoisotopic (exact) mass is 429 g/mol. The number of amides is 2. The van der Waals surface area contributed by atoms with Gasteiger partial charge in [-0.1, -0.05) is 24.3 Å². The molecule has 7 heteroatoms. The number of fused-ring (bicyclic) bond motifs is 1. The van der Waals surface area contributed by atoms with Crippen LogP contribution in [0.25, 0.3) is 0 Å². The van der Waals surface area contributed by atoms with Crippen molar-refractivity contribution in [2.45, 2.75) is 13.0 Å². The Balaban J connectivity index is 1.17. The standard InChI is InChI=1S/C25H23N3O4/c29-24-13-18(15-28(24)14-17-6-11-22-23(12-17)32-16-31-22)25(30)27-21-9-7-20(8-10-21)26-19-4-2-1-3-5-19/h1-12,18,26H,13-16H2,(H,27,30). The highest BCUT2D eigenvalue weighted by Gasteiger charge is 2.34. The molecule has 1 fully saturated rings. The van der Waals surface area contributed by atoms with Gasteiger partial charge in [0.15, 0.2) is 11.5 Å². The van der Waals surface area contributed by atoms with Gasteiger partial charge >= 0.3 is 0 Å². The van der Waals surface area contributed by atoms with Crippen LogP contribution in [0.4, 0.5) is 17.1 Å². The van der Waals surface area contributed by atoms with Crippen molar-refractivity contribution >= 4 is 28.9 Å². The minimum Gasteiger partial charge on any atom is -0.454 e. The molecule has 162 valence electrons. The van der Waals surface area contributed by atoms with Gasteiger partial charge in [0.2, 0.25) is 18.6 Å². The van der Waals surface area contributed by atoms with Crippen molar-refractivity contribution in [3.8, 4) is 11.5 Å². The fourth-order valence-corrected chi connectivity index (χ4v) is 3.93. The molecule has 2 aliphatic rings. The molecule has 7 nitrogen and oxygen atoms in total. The maximum atomic E-state index is 12.7. The summed E-state index contributed by atoms with van der Waals surface area (Å²) in [6.45, 7) is 1.05. The molecule has 2 N–H and O–H groups in total. The zero-order valence-electron chi connectivity index (χ0n) is 17.4. The lowest BCUT2D eigenvalue weighted by atomic mass is 10.1. The third-order valence-electron chi connectivity index (χ3n) is 5.61. The molecule has 0 aromatic heterocycles. The SMILES string of the molecule is O=C(Nc1ccc(Nc2ccccc2)cc1)C1CC(=O)N(Cc2ccc3c(c2)OCO3)C1. The second-order valence-corrected chi connectivity index (χ2v) is 7.92. The van der Waals surface area contributed by atoms with E-state index in [1.54, 1.807) is 4.90 Å². The van der Waals surface area contributed by atoms with Crippen molar-refractivity contribution in [2.75, 3.05) is 24.0 Å². The normalized spacial score (nSPS) is 16.8. The van der Waals surface area contributed by atoms with E-state index in [0.29, 0.717) is 30.3 Å². The number of para-hydroxylation sites is 1. The number of nitrogens with zero attached hydrogens (tertiary/aromatic N) is 1. The fourth-order valence-electron chi connectivity index (χ4n) is 3.93. The highest BCUT2D eigenvalue weighted by atomic mass is 16.7. The molecule has 1 unspecified atom stereocenters. The molecule has 2 amide bonds. The van der Waals surface area contributed by atoms with Gasteiger partial charge in [-0.3, -0.25) is 9.59 Å². The van der Waals surface area contributed by atoms with Gasteiger partial charge in [0.25, 0.3) is 0 Å². The third-order valence-corrected chi connectivity index (χ3v) is 5.61. The van der Waals surface area contributed by atoms with Crippen molar-refractivity contribution in [1.29, 1.82) is 0 Å². The first-order valence-electron chi connectivity index (χ1n) is 10.5. The van der Waals surface area contributed by atoms with Crippen LogP contribution in [0.1, 0.15) is 12.0 Å². The van der Waals surface area contributed by atoms with Crippen LogP contribution >= 0.6 is 0 Å². The summed E-state index contributed by atoms with van der Waals surface area (Å²) >= 11 is 0. The van der Waals surface area contributed by atoms with E-state index in [1.165, 1.54) is 0 Å². The Morgan fingerprint density at radius 1 is 0.906 bits per heavy atom. The molecular formula is C25H23N3O4. The first kappa shape index (κ1) is 19.9. The number of carbonyl (C=O) groups is 2. The molecule has 1 atom stereocenters. The van der Waals surface area contributed by atoms with E-state index in [0.717, 1.165) is 16.9 Å². The number of ether oxygens (including phenoxy) is 2. The van der Waals surface area contributed by atoms with Crippen LogP contribution in [0, 0.1) is 5.92 Å². The Hall–Kier alpha value is -4.00. The summed E-state index contributed by atoms with van der Waals surface area (Å²) in [5, 5.41) is 6.24. The van der Waals surface area contributed by atoms with Gasteiger partial charge in [0.1, 0.15) is 0 Å². The van der Waals surface area contributed by atoms with Crippen LogP contribution < -0.4 is 20.1 Å². The molecule has 2 heterocycles. The summed E-state index contributed by atoms with van der Waals surface area (Å²) < 4.78 is 10.7. The Bertz CT molecular complexity index is 1130. The quantitative estimate of drug-likeness (QED) is 0.616. The Kier molecular flexibility index (Phi) is 5.37. The summed E-state index contributed by atoms with van der Waals surface area (Å²) in [6.07, 6.45) is 0.212. The molecule has 0 bridgehead atoms. The Labute approximate surface area is 185 Å². The van der Waals surface area contributed by atoms with Gasteiger partial charge in [0.05, 0.1) is 5.92 Å². The predicted molar refractivity (Wildman–Crippen MR) is 121 cm³/mol. The van der Waals surface area contributed by atoms with E-state index >= 15 is 0 Å². The smallest absolute Gasteiger partial charge is 0.231 e. The number of likely N-dealkylation sites (tertiary alicyclic amines) is 1. The number of hydrogen-bond donors (Lipinski definition) is 2. The van der Waals surface area contributed by atoms with Crippen molar-refractivity contribution in [2.24, 2.45) is 5.92 Å². The number of anilines is 3. The second kappa shape index (κ2) is 8.63. The van der Waals surface area contributed by atoms with E-state index in [4.69, 9.17) is 9.47 Å². The lowest BCUT2D eigenvalue weighted by Gasteiger charge is -2.17. The molecule has 32 heavy (non-hydrogen) atoms. The predicted octanol–water partition coefficient (Wildman–Crippen LogP) is 4.15. The van der Waals surface area contributed by atoms with E-state index in [2.05, 4.69) is 10.6 Å². The molecule has 3 aromatic carbocycles. The number of carbonyl (C=O) groups excluding carboxylic acids is 2. The minimum atomic E-state index is -0.376. The summed E-state index contributed by atoms with van der Waals surface area (Å²) in [5.41, 5.74) is 3.58. The molecule has 0 spiro atoms. The lowest BCUT2D eigenvalue weighted by Crippen LogP contribution is -2.28. The van der Waals surface area contributed by atoms with E-state index in [9.17, 15) is 9.59 Å². The average molecular weight is 429 g/mol. The lowest BCUT2D eigenvalue weighted by molar-refractivity contribution is -0.128. The van der Waals surface area contributed by atoms with Crippen molar-refractivity contribution in [1.82, 2.24) is 4.90 Å². The summed E-state index contributed by atoms with van der Waals surface area (Å²) in [6, 6.07) is 23.0. The van der Waals surface area contributed by atoms with Crippen molar-refractivity contribution < 1.29 is 19.1 Å². The highest BCUT2D eigenvalue weighted by Crippen LogP contribution is 2.33. The van der Waals surface area contributed by atoms with E-state index < -0.39 is 0 Å². The van der Waals surface area contributed by atoms with Crippen LogP contribution in [0.15, 0.2) is 72.8 Å².